The largest absolute Gasteiger partial charge is 0.396 e. The third kappa shape index (κ3) is 6.43. The molecular formula is C25H32FNO5. The van der Waals surface area contributed by atoms with Gasteiger partial charge < -0.3 is 20.1 Å². The van der Waals surface area contributed by atoms with Gasteiger partial charge in [-0.05, 0) is 49.4 Å². The van der Waals surface area contributed by atoms with Crippen molar-refractivity contribution in [3.8, 4) is 11.1 Å². The molecule has 1 heterocycles. The molecule has 1 aliphatic heterocycles. The SMILES string of the molecule is O=C1[C@@H](O)CN(CCCCCOCc2ccc(-c3ccccc3)c(F)c2)[C@@H](CCO)[C@H]1O. The van der Waals surface area contributed by atoms with E-state index in [2.05, 4.69) is 0 Å². The first-order valence-electron chi connectivity index (χ1n) is 11.2. The van der Waals surface area contributed by atoms with Crippen LogP contribution in [0.3, 0.4) is 0 Å². The summed E-state index contributed by atoms with van der Waals surface area (Å²) in [5.74, 6) is -0.833. The van der Waals surface area contributed by atoms with Crippen molar-refractivity contribution in [1.82, 2.24) is 4.90 Å². The maximum Gasteiger partial charge on any atom is 0.192 e. The van der Waals surface area contributed by atoms with Gasteiger partial charge in [0.25, 0.3) is 0 Å². The molecule has 6 nitrogen and oxygen atoms in total. The summed E-state index contributed by atoms with van der Waals surface area (Å²) >= 11 is 0. The molecule has 0 unspecified atom stereocenters. The van der Waals surface area contributed by atoms with Crippen LogP contribution in [0.25, 0.3) is 11.1 Å². The molecule has 32 heavy (non-hydrogen) atoms. The van der Waals surface area contributed by atoms with Crippen molar-refractivity contribution in [3.05, 3.63) is 59.9 Å². The van der Waals surface area contributed by atoms with Crippen LogP contribution in [0.5, 0.6) is 0 Å². The molecule has 3 N–H and O–H groups in total. The number of ether oxygens (including phenoxy) is 1. The number of aliphatic hydroxyl groups is 3. The molecule has 1 fully saturated rings. The van der Waals surface area contributed by atoms with Crippen molar-refractivity contribution >= 4 is 5.78 Å². The summed E-state index contributed by atoms with van der Waals surface area (Å²) in [6.45, 7) is 1.57. The van der Waals surface area contributed by atoms with E-state index in [1.165, 1.54) is 6.07 Å². The van der Waals surface area contributed by atoms with Crippen LogP contribution in [-0.2, 0) is 16.1 Å². The molecule has 0 aliphatic carbocycles. The van der Waals surface area contributed by atoms with Crippen molar-refractivity contribution in [2.24, 2.45) is 0 Å². The maximum atomic E-state index is 14.4. The minimum absolute atomic E-state index is 0.123. The zero-order valence-electron chi connectivity index (χ0n) is 18.2. The van der Waals surface area contributed by atoms with Crippen LogP contribution in [0.1, 0.15) is 31.2 Å². The van der Waals surface area contributed by atoms with Gasteiger partial charge in [0.2, 0.25) is 0 Å². The molecule has 7 heteroatoms. The Morgan fingerprint density at radius 1 is 1.06 bits per heavy atom. The lowest BCUT2D eigenvalue weighted by Gasteiger charge is -2.40. The number of unbranched alkanes of at least 4 members (excludes halogenated alkanes) is 2. The zero-order valence-corrected chi connectivity index (χ0v) is 18.2. The normalized spacial score (nSPS) is 21.8. The fraction of sp³-hybridized carbons (Fsp3) is 0.480. The zero-order chi connectivity index (χ0) is 22.9. The van der Waals surface area contributed by atoms with Crippen LogP contribution in [0.15, 0.2) is 48.5 Å². The molecule has 1 saturated heterocycles. The number of ketones is 1. The Bertz CT molecular complexity index is 863. The Kier molecular flexibility index (Phi) is 9.32. The lowest BCUT2D eigenvalue weighted by Crippen LogP contribution is -2.59. The Labute approximate surface area is 188 Å². The molecule has 2 aromatic rings. The van der Waals surface area contributed by atoms with Crippen molar-refractivity contribution in [1.29, 1.82) is 0 Å². The molecule has 174 valence electrons. The van der Waals surface area contributed by atoms with E-state index in [4.69, 9.17) is 4.74 Å². The van der Waals surface area contributed by atoms with Gasteiger partial charge in [0.05, 0.1) is 6.61 Å². The van der Waals surface area contributed by atoms with Gasteiger partial charge in [-0.25, -0.2) is 4.39 Å². The number of nitrogens with zero attached hydrogens (tertiary/aromatic N) is 1. The lowest BCUT2D eigenvalue weighted by atomic mass is 9.93. The highest BCUT2D eigenvalue weighted by Gasteiger charge is 2.40. The molecule has 0 spiro atoms. The van der Waals surface area contributed by atoms with Gasteiger partial charge in [0.1, 0.15) is 18.0 Å². The fourth-order valence-electron chi connectivity index (χ4n) is 4.15. The molecule has 0 saturated carbocycles. The predicted molar refractivity (Wildman–Crippen MR) is 119 cm³/mol. The Morgan fingerprint density at radius 2 is 1.84 bits per heavy atom. The molecule has 2 aromatic carbocycles. The first-order chi connectivity index (χ1) is 15.5. The minimum atomic E-state index is -1.26. The number of benzene rings is 2. The number of hydrogen-bond donors (Lipinski definition) is 3. The molecule has 3 rings (SSSR count). The van der Waals surface area contributed by atoms with Crippen molar-refractivity contribution < 1.29 is 29.2 Å². The smallest absolute Gasteiger partial charge is 0.192 e. The van der Waals surface area contributed by atoms with Gasteiger partial charge in [-0.3, -0.25) is 9.69 Å². The number of rotatable bonds is 11. The standard InChI is InChI=1S/C25H32FNO5/c26-21-15-18(9-10-20(21)19-7-3-1-4-8-19)17-32-14-6-2-5-12-27-16-23(29)25(31)24(30)22(27)11-13-28/h1,3-4,7-10,15,22-24,28-30H,2,5-6,11-14,16-17H2/t22-,23-,24+/m0/s1. The number of aliphatic hydroxyl groups excluding tert-OH is 3. The predicted octanol–water partition coefficient (Wildman–Crippen LogP) is 2.54. The number of likely N-dealkylation sites (tertiary alicyclic amines) is 1. The third-order valence-corrected chi connectivity index (χ3v) is 5.91. The van der Waals surface area contributed by atoms with Gasteiger partial charge in [0, 0.05) is 31.4 Å². The molecule has 3 atom stereocenters. The van der Waals surface area contributed by atoms with E-state index in [9.17, 15) is 24.5 Å². The Hall–Kier alpha value is -2.16. The average molecular weight is 446 g/mol. The van der Waals surface area contributed by atoms with Gasteiger partial charge in [-0.2, -0.15) is 0 Å². The Balaban J connectivity index is 1.36. The van der Waals surface area contributed by atoms with Crippen LogP contribution < -0.4 is 0 Å². The number of Topliss-reactive ketones (excluding diaryl/α,β-unsaturated/α-hetero) is 1. The molecule has 0 aromatic heterocycles. The lowest BCUT2D eigenvalue weighted by molar-refractivity contribution is -0.149. The summed E-state index contributed by atoms with van der Waals surface area (Å²) in [6, 6.07) is 14.1. The van der Waals surface area contributed by atoms with E-state index >= 15 is 0 Å². The highest BCUT2D eigenvalue weighted by Crippen LogP contribution is 2.24. The van der Waals surface area contributed by atoms with E-state index < -0.39 is 24.0 Å². The summed E-state index contributed by atoms with van der Waals surface area (Å²) in [5.41, 5.74) is 2.20. The molecule has 0 amide bonds. The number of β-amino-alcohol motifs (C(OH)–C–C–N with tert-alkyl or cyclic N) is 1. The average Bonchev–Trinajstić information content (AvgIpc) is 2.80. The second-order valence-electron chi connectivity index (χ2n) is 8.23. The van der Waals surface area contributed by atoms with Crippen LogP contribution >= 0.6 is 0 Å². The molecular weight excluding hydrogens is 413 g/mol. The fourth-order valence-corrected chi connectivity index (χ4v) is 4.15. The summed E-state index contributed by atoms with van der Waals surface area (Å²) in [6.07, 6.45) is 0.373. The van der Waals surface area contributed by atoms with Crippen LogP contribution in [0.4, 0.5) is 4.39 Å². The number of piperidine rings is 1. The van der Waals surface area contributed by atoms with Crippen molar-refractivity contribution in [3.63, 3.8) is 0 Å². The maximum absolute atomic E-state index is 14.4. The molecule has 0 bridgehead atoms. The number of hydrogen-bond acceptors (Lipinski definition) is 6. The highest BCUT2D eigenvalue weighted by atomic mass is 19.1. The second kappa shape index (κ2) is 12.2. The van der Waals surface area contributed by atoms with E-state index in [-0.39, 0.29) is 19.0 Å². The minimum Gasteiger partial charge on any atom is -0.396 e. The van der Waals surface area contributed by atoms with Gasteiger partial charge in [-0.15, -0.1) is 0 Å². The van der Waals surface area contributed by atoms with Crippen LogP contribution in [-0.4, -0.2) is 70.6 Å². The second-order valence-corrected chi connectivity index (χ2v) is 8.23. The van der Waals surface area contributed by atoms with E-state index in [0.29, 0.717) is 31.7 Å². The number of carbonyl (C=O) groups is 1. The first-order valence-corrected chi connectivity index (χ1v) is 11.2. The highest BCUT2D eigenvalue weighted by molar-refractivity contribution is 5.88. The number of halogens is 1. The summed E-state index contributed by atoms with van der Waals surface area (Å²) < 4.78 is 20.1. The topological polar surface area (TPSA) is 90.2 Å². The molecule has 0 radical (unpaired) electrons. The van der Waals surface area contributed by atoms with Crippen LogP contribution in [0, 0.1) is 5.82 Å². The van der Waals surface area contributed by atoms with E-state index in [1.54, 1.807) is 6.07 Å². The van der Waals surface area contributed by atoms with Gasteiger partial charge in [-0.1, -0.05) is 42.5 Å². The van der Waals surface area contributed by atoms with Crippen molar-refractivity contribution in [2.75, 3.05) is 26.3 Å². The van der Waals surface area contributed by atoms with Gasteiger partial charge in [0.15, 0.2) is 5.78 Å². The van der Waals surface area contributed by atoms with Gasteiger partial charge >= 0.3 is 0 Å². The first kappa shape index (κ1) is 24.5. The molecule has 1 aliphatic rings. The summed E-state index contributed by atoms with van der Waals surface area (Å²) in [4.78, 5) is 13.7. The van der Waals surface area contributed by atoms with Crippen LogP contribution in [0.2, 0.25) is 0 Å². The monoisotopic (exact) mass is 445 g/mol. The van der Waals surface area contributed by atoms with E-state index in [0.717, 1.165) is 30.4 Å². The van der Waals surface area contributed by atoms with Crippen molar-refractivity contribution in [2.45, 2.75) is 50.5 Å². The number of carbonyl (C=O) groups excluding carboxylic acids is 1. The summed E-state index contributed by atoms with van der Waals surface area (Å²) in [7, 11) is 0. The van der Waals surface area contributed by atoms with E-state index in [1.807, 2.05) is 41.3 Å². The summed E-state index contributed by atoms with van der Waals surface area (Å²) in [5, 5.41) is 29.1. The third-order valence-electron chi connectivity index (χ3n) is 5.91. The Morgan fingerprint density at radius 3 is 2.56 bits per heavy atom. The quantitative estimate of drug-likeness (QED) is 0.461.